The van der Waals surface area contributed by atoms with E-state index in [0.717, 1.165) is 79.7 Å². The molecular formula is C54H60N8O8. The van der Waals surface area contributed by atoms with Crippen LogP contribution in [0.15, 0.2) is 72.9 Å². The third-order valence-electron chi connectivity index (χ3n) is 15.5. The second kappa shape index (κ2) is 18.4. The van der Waals surface area contributed by atoms with E-state index in [0.29, 0.717) is 43.8 Å². The number of imidazole rings is 2. The molecule has 4 N–H and O–H groups in total. The Kier molecular flexibility index (Phi) is 12.0. The summed E-state index contributed by atoms with van der Waals surface area (Å²) in [7, 11) is 4.27. The molecule has 2 saturated carbocycles. The number of nitrogens with one attached hydrogen (secondary N) is 4. The minimum Gasteiger partial charge on any atom is -0.488 e. The molecule has 2 aliphatic carbocycles. The number of carbonyl (C=O) groups excluding carboxylic acids is 4. The molecule has 16 heteroatoms. The van der Waals surface area contributed by atoms with Crippen LogP contribution in [0.2, 0.25) is 0 Å². The lowest BCUT2D eigenvalue weighted by Gasteiger charge is -2.30. The Morgan fingerprint density at radius 1 is 0.829 bits per heavy atom. The SMILES string of the molecule is COC[C@H]1C[C@@H](c2ncc(-c3ccc4c(c3)COc3cc5c(ccc6nc([C@@H]7C[C@H]8C[C@H]8N7C(=O)[C@H](NC(=O)OC)c7ccc(C8CCCC8)cc7)[nH]c65)cc3-4)[nH]2)N(C(=O)[C@@H](NC(=O)OC)C(C)C)C1. The molecule has 0 unspecified atom stereocenters. The van der Waals surface area contributed by atoms with E-state index in [4.69, 9.17) is 28.9 Å². The van der Waals surface area contributed by atoms with Gasteiger partial charge in [0.05, 0.1) is 55.8 Å². The number of methoxy groups -OCH3 is 3. The minimum atomic E-state index is -0.895. The van der Waals surface area contributed by atoms with Crippen LogP contribution < -0.4 is 15.4 Å². The molecule has 5 aliphatic rings. The van der Waals surface area contributed by atoms with Crippen molar-refractivity contribution in [2.24, 2.45) is 17.8 Å². The van der Waals surface area contributed by atoms with Crippen molar-refractivity contribution in [1.29, 1.82) is 0 Å². The Bertz CT molecular complexity index is 3000. The summed E-state index contributed by atoms with van der Waals surface area (Å²) in [5.41, 5.74) is 8.56. The van der Waals surface area contributed by atoms with Crippen LogP contribution in [0, 0.1) is 17.8 Å². The molecule has 16 nitrogen and oxygen atoms in total. The number of benzene rings is 4. The van der Waals surface area contributed by atoms with Crippen LogP contribution >= 0.6 is 0 Å². The van der Waals surface area contributed by atoms with Crippen molar-refractivity contribution in [1.82, 2.24) is 40.4 Å². The minimum absolute atomic E-state index is 0.0847. The van der Waals surface area contributed by atoms with Gasteiger partial charge >= 0.3 is 12.2 Å². The highest BCUT2D eigenvalue weighted by molar-refractivity contribution is 6.07. The van der Waals surface area contributed by atoms with Gasteiger partial charge in [0.1, 0.15) is 36.1 Å². The molecule has 11 rings (SSSR count). The molecular weight excluding hydrogens is 889 g/mol. The highest BCUT2D eigenvalue weighted by Crippen LogP contribution is 2.54. The van der Waals surface area contributed by atoms with E-state index in [1.165, 1.54) is 45.5 Å². The number of piperidine rings is 1. The maximum absolute atomic E-state index is 14.7. The van der Waals surface area contributed by atoms with Crippen LogP contribution in [0.5, 0.6) is 5.75 Å². The number of fused-ring (bicyclic) bond motifs is 7. The number of carbonyl (C=O) groups is 4. The van der Waals surface area contributed by atoms with E-state index in [2.05, 4.69) is 69.1 Å². The largest absolute Gasteiger partial charge is 0.488 e. The molecule has 0 spiro atoms. The summed E-state index contributed by atoms with van der Waals surface area (Å²) in [6.07, 6.45) is 7.73. The second-order valence-electron chi connectivity index (χ2n) is 20.2. The summed E-state index contributed by atoms with van der Waals surface area (Å²) < 4.78 is 21.8. The lowest BCUT2D eigenvalue weighted by Crippen LogP contribution is -2.51. The first-order valence-corrected chi connectivity index (χ1v) is 24.7. The molecule has 4 fully saturated rings. The quantitative estimate of drug-likeness (QED) is 0.0920. The Balaban J connectivity index is 0.844. The van der Waals surface area contributed by atoms with E-state index in [1.54, 1.807) is 12.0 Å². The van der Waals surface area contributed by atoms with Crippen LogP contribution in [-0.2, 0) is 30.4 Å². The average Bonchev–Trinajstić information content (AvgIpc) is 4.06. The number of rotatable bonds is 12. The van der Waals surface area contributed by atoms with Crippen molar-refractivity contribution < 1.29 is 38.1 Å². The Morgan fingerprint density at radius 3 is 2.37 bits per heavy atom. The first-order chi connectivity index (χ1) is 34.0. The molecule has 2 saturated heterocycles. The van der Waals surface area contributed by atoms with Gasteiger partial charge in [-0.25, -0.2) is 19.6 Å². The number of amides is 4. The van der Waals surface area contributed by atoms with E-state index >= 15 is 0 Å². The zero-order valence-corrected chi connectivity index (χ0v) is 40.3. The van der Waals surface area contributed by atoms with E-state index in [9.17, 15) is 19.2 Å². The molecule has 70 heavy (non-hydrogen) atoms. The maximum atomic E-state index is 14.7. The molecule has 4 aromatic carbocycles. The van der Waals surface area contributed by atoms with Crippen LogP contribution in [0.4, 0.5) is 9.59 Å². The summed E-state index contributed by atoms with van der Waals surface area (Å²) in [6, 6.07) is 20.7. The van der Waals surface area contributed by atoms with Crippen LogP contribution in [0.3, 0.4) is 0 Å². The van der Waals surface area contributed by atoms with Gasteiger partial charge in [0, 0.05) is 36.6 Å². The smallest absolute Gasteiger partial charge is 0.407 e. The molecule has 0 radical (unpaired) electrons. The van der Waals surface area contributed by atoms with Crippen molar-refractivity contribution in [2.75, 3.05) is 34.5 Å². The fraction of sp³-hybridized carbons (Fsp3) is 0.444. The molecule has 6 aromatic rings. The Hall–Kier alpha value is -6.94. The van der Waals surface area contributed by atoms with Crippen molar-refractivity contribution in [2.45, 2.75) is 102 Å². The zero-order chi connectivity index (χ0) is 48.4. The number of aromatic nitrogens is 4. The predicted octanol–water partition coefficient (Wildman–Crippen LogP) is 9.00. The van der Waals surface area contributed by atoms with Gasteiger partial charge in [-0.05, 0) is 107 Å². The van der Waals surface area contributed by atoms with Gasteiger partial charge in [-0.15, -0.1) is 0 Å². The average molecular weight is 949 g/mol. The number of H-pyrrole nitrogens is 2. The molecule has 5 heterocycles. The van der Waals surface area contributed by atoms with Gasteiger partial charge in [0.25, 0.3) is 5.91 Å². The van der Waals surface area contributed by atoms with Crippen LogP contribution in [0.25, 0.3) is 44.2 Å². The monoisotopic (exact) mass is 948 g/mol. The predicted molar refractivity (Wildman–Crippen MR) is 262 cm³/mol. The van der Waals surface area contributed by atoms with Gasteiger partial charge < -0.3 is 49.3 Å². The molecule has 4 amide bonds. The number of likely N-dealkylation sites (tertiary alicyclic amines) is 2. The fourth-order valence-corrected chi connectivity index (χ4v) is 11.8. The topological polar surface area (TPSA) is 193 Å². The van der Waals surface area contributed by atoms with Crippen molar-refractivity contribution >= 4 is 45.8 Å². The highest BCUT2D eigenvalue weighted by atomic mass is 16.5. The number of alkyl carbamates (subject to hydrolysis) is 2. The summed E-state index contributed by atoms with van der Waals surface area (Å²) >= 11 is 0. The number of ether oxygens (including phenoxy) is 4. The van der Waals surface area contributed by atoms with Crippen LogP contribution in [0.1, 0.15) is 111 Å². The molecule has 7 atom stereocenters. The van der Waals surface area contributed by atoms with Crippen molar-refractivity contribution in [3.8, 4) is 28.1 Å². The number of aromatic amines is 2. The summed E-state index contributed by atoms with van der Waals surface area (Å²) in [6.45, 7) is 5.14. The van der Waals surface area contributed by atoms with Gasteiger partial charge in [0.2, 0.25) is 5.91 Å². The Labute approximate surface area is 406 Å². The normalized spacial score (nSPS) is 22.3. The standard InChI is InChI=1S/C54H60N8O8/c1-28(2)46(59-53(65)68-4)51(63)61-25-29(26-67-3)18-43(61)49-55-24-41(57-49)34-14-16-37-36(19-34)27-70-45-23-38-33(20-39(37)45)15-17-40-48(38)58-50(56-40)44-22-35-21-42(35)62(44)52(64)47(60-54(66)69-5)32-12-10-31(11-13-32)30-8-6-7-9-30/h10-17,19-20,23-24,28-30,35,42-44,46-47H,6-9,18,21-22,25-27H2,1-5H3,(H,55,57)(H,56,58)(H,59,65)(H,60,66)/t29-,35+,42+,43-,44-,46-,47+/m0/s1. The second-order valence-corrected chi connectivity index (χ2v) is 20.2. The van der Waals surface area contributed by atoms with Crippen LogP contribution in [-0.4, -0.2) is 100 Å². The number of nitrogens with zero attached hydrogens (tertiary/aromatic N) is 4. The third-order valence-corrected chi connectivity index (χ3v) is 15.5. The van der Waals surface area contributed by atoms with Crippen molar-refractivity contribution in [3.63, 3.8) is 0 Å². The fourth-order valence-electron chi connectivity index (χ4n) is 11.8. The summed E-state index contributed by atoms with van der Waals surface area (Å²) in [5, 5.41) is 7.59. The van der Waals surface area contributed by atoms with Gasteiger partial charge in [0.15, 0.2) is 0 Å². The van der Waals surface area contributed by atoms with Gasteiger partial charge in [-0.2, -0.15) is 0 Å². The molecule has 0 bridgehead atoms. The third kappa shape index (κ3) is 8.28. The van der Waals surface area contributed by atoms with Gasteiger partial charge in [-0.3, -0.25) is 9.59 Å². The lowest BCUT2D eigenvalue weighted by atomic mass is 9.92. The van der Waals surface area contributed by atoms with Crippen molar-refractivity contribution in [3.05, 3.63) is 101 Å². The molecule has 364 valence electrons. The van der Waals surface area contributed by atoms with Gasteiger partial charge in [-0.1, -0.05) is 69.2 Å². The Morgan fingerprint density at radius 2 is 1.61 bits per heavy atom. The summed E-state index contributed by atoms with van der Waals surface area (Å²) in [4.78, 5) is 74.5. The first-order valence-electron chi connectivity index (χ1n) is 24.7. The van der Waals surface area contributed by atoms with E-state index in [1.807, 2.05) is 43.1 Å². The molecule has 2 aromatic heterocycles. The zero-order valence-electron chi connectivity index (χ0n) is 40.3. The molecule has 3 aliphatic heterocycles. The van der Waals surface area contributed by atoms with E-state index < -0.39 is 24.3 Å². The summed E-state index contributed by atoms with van der Waals surface area (Å²) in [5.74, 6) is 2.68. The number of hydrogen-bond donors (Lipinski definition) is 4. The number of hydrogen-bond acceptors (Lipinski definition) is 10. The highest BCUT2D eigenvalue weighted by Gasteiger charge is 2.56. The lowest BCUT2D eigenvalue weighted by molar-refractivity contribution is -0.136. The maximum Gasteiger partial charge on any atom is 0.407 e. The first kappa shape index (κ1) is 45.5. The van der Waals surface area contributed by atoms with E-state index in [-0.39, 0.29) is 41.8 Å².